The second-order valence-corrected chi connectivity index (χ2v) is 3.69. The van der Waals surface area contributed by atoms with Crippen LogP contribution in [0.2, 0.25) is 0 Å². The molecule has 2 amide bonds. The van der Waals surface area contributed by atoms with E-state index in [9.17, 15) is 9.59 Å². The molecule has 0 bridgehead atoms. The van der Waals surface area contributed by atoms with Crippen molar-refractivity contribution < 1.29 is 19.4 Å². The van der Waals surface area contributed by atoms with Crippen LogP contribution in [0, 0.1) is 0 Å². The number of ether oxygens (including phenoxy) is 1. The molecule has 6 heteroatoms. The molecule has 90 valence electrons. The molecule has 1 aliphatic rings. The molecule has 1 fully saturated rings. The highest BCUT2D eigenvalue weighted by molar-refractivity contribution is 5.87. The minimum atomic E-state index is -1.07. The molecule has 1 aromatic rings. The summed E-state index contributed by atoms with van der Waals surface area (Å²) in [5.41, 5.74) is 0.690. The highest BCUT2D eigenvalue weighted by atomic mass is 16.5. The molecule has 0 radical (unpaired) electrons. The van der Waals surface area contributed by atoms with E-state index < -0.39 is 24.1 Å². The predicted octanol–water partition coefficient (Wildman–Crippen LogP) is 0.502. The molecule has 1 heterocycles. The Labute approximate surface area is 97.6 Å². The number of aliphatic carboxylic acids is 1. The molecule has 0 spiro atoms. The van der Waals surface area contributed by atoms with Crippen molar-refractivity contribution in [3.05, 3.63) is 29.8 Å². The number of nitrogens with one attached hydrogen (secondary N) is 2. The smallest absolute Gasteiger partial charge is 0.328 e. The molecule has 1 aliphatic heterocycles. The van der Waals surface area contributed by atoms with Gasteiger partial charge in [-0.1, -0.05) is 12.1 Å². The van der Waals surface area contributed by atoms with Crippen molar-refractivity contribution in [3.63, 3.8) is 0 Å². The second-order valence-electron chi connectivity index (χ2n) is 3.69. The Balaban J connectivity index is 2.31. The summed E-state index contributed by atoms with van der Waals surface area (Å²) in [6, 6.07) is 4.92. The molecule has 1 aromatic carbocycles. The number of hydrogen-bond acceptors (Lipinski definition) is 3. The summed E-state index contributed by atoms with van der Waals surface area (Å²) in [5.74, 6) is -0.455. The summed E-state index contributed by atoms with van der Waals surface area (Å²) in [4.78, 5) is 22.2. The van der Waals surface area contributed by atoms with E-state index in [1.54, 1.807) is 24.3 Å². The van der Waals surface area contributed by atoms with E-state index in [2.05, 4.69) is 10.6 Å². The Morgan fingerprint density at radius 1 is 1.41 bits per heavy atom. The van der Waals surface area contributed by atoms with Gasteiger partial charge in [0, 0.05) is 0 Å². The van der Waals surface area contributed by atoms with Crippen molar-refractivity contribution in [1.82, 2.24) is 10.6 Å². The molecule has 0 saturated carbocycles. The first-order valence-electron chi connectivity index (χ1n) is 5.05. The van der Waals surface area contributed by atoms with Crippen LogP contribution in [0.15, 0.2) is 24.3 Å². The summed E-state index contributed by atoms with van der Waals surface area (Å²) in [6.45, 7) is 0. The normalized spacial score (nSPS) is 22.8. The quantitative estimate of drug-likeness (QED) is 0.713. The lowest BCUT2D eigenvalue weighted by Gasteiger charge is -2.15. The van der Waals surface area contributed by atoms with Crippen LogP contribution >= 0.6 is 0 Å². The van der Waals surface area contributed by atoms with Gasteiger partial charge in [-0.25, -0.2) is 9.59 Å². The van der Waals surface area contributed by atoms with Crippen LogP contribution < -0.4 is 15.4 Å². The summed E-state index contributed by atoms with van der Waals surface area (Å²) in [7, 11) is 1.53. The third kappa shape index (κ3) is 2.15. The molecule has 17 heavy (non-hydrogen) atoms. The lowest BCUT2D eigenvalue weighted by atomic mass is 10.0. The Hall–Kier alpha value is -2.24. The molecule has 6 nitrogen and oxygen atoms in total. The number of carboxylic acids is 1. The molecule has 2 unspecified atom stereocenters. The van der Waals surface area contributed by atoms with Crippen molar-refractivity contribution >= 4 is 12.0 Å². The van der Waals surface area contributed by atoms with Gasteiger partial charge in [0.15, 0.2) is 6.04 Å². The van der Waals surface area contributed by atoms with Crippen LogP contribution in [0.25, 0.3) is 0 Å². The number of amides is 2. The van der Waals surface area contributed by atoms with Crippen LogP contribution in [-0.4, -0.2) is 30.3 Å². The SMILES string of the molecule is COc1cccc(C2NC(=O)NC2C(=O)O)c1. The lowest BCUT2D eigenvalue weighted by molar-refractivity contribution is -0.139. The number of carboxylic acid groups (broad SMARTS) is 1. The minimum absolute atomic E-state index is 0.481. The van der Waals surface area contributed by atoms with Gasteiger partial charge in [0.2, 0.25) is 0 Å². The molecular weight excluding hydrogens is 224 g/mol. The third-order valence-electron chi connectivity index (χ3n) is 2.63. The minimum Gasteiger partial charge on any atom is -0.497 e. The highest BCUT2D eigenvalue weighted by Crippen LogP contribution is 2.24. The fourth-order valence-corrected chi connectivity index (χ4v) is 1.81. The molecule has 2 rings (SSSR count). The molecule has 1 saturated heterocycles. The second kappa shape index (κ2) is 4.32. The zero-order valence-electron chi connectivity index (χ0n) is 9.14. The average Bonchev–Trinajstić information content (AvgIpc) is 2.72. The van der Waals surface area contributed by atoms with E-state index in [1.807, 2.05) is 0 Å². The maximum atomic E-state index is 11.2. The lowest BCUT2D eigenvalue weighted by Crippen LogP contribution is -2.35. The van der Waals surface area contributed by atoms with Crippen molar-refractivity contribution in [2.75, 3.05) is 7.11 Å². The predicted molar refractivity (Wildman–Crippen MR) is 58.8 cm³/mol. The average molecular weight is 236 g/mol. The van der Waals surface area contributed by atoms with Crippen molar-refractivity contribution in [3.8, 4) is 5.75 Å². The van der Waals surface area contributed by atoms with Gasteiger partial charge in [-0.05, 0) is 17.7 Å². The number of methoxy groups -OCH3 is 1. The molecule has 0 aromatic heterocycles. The maximum absolute atomic E-state index is 11.2. The first kappa shape index (κ1) is 11.3. The first-order chi connectivity index (χ1) is 8.11. The summed E-state index contributed by atoms with van der Waals surface area (Å²) in [6.07, 6.45) is 0. The summed E-state index contributed by atoms with van der Waals surface area (Å²) >= 11 is 0. The van der Waals surface area contributed by atoms with Crippen molar-refractivity contribution in [2.45, 2.75) is 12.1 Å². The van der Waals surface area contributed by atoms with Gasteiger partial charge in [-0.3, -0.25) is 0 Å². The van der Waals surface area contributed by atoms with Gasteiger partial charge in [0.05, 0.1) is 13.2 Å². The van der Waals surface area contributed by atoms with Gasteiger partial charge in [-0.2, -0.15) is 0 Å². The van der Waals surface area contributed by atoms with Crippen LogP contribution in [-0.2, 0) is 4.79 Å². The van der Waals surface area contributed by atoms with Gasteiger partial charge >= 0.3 is 12.0 Å². The highest BCUT2D eigenvalue weighted by Gasteiger charge is 2.37. The molecule has 3 N–H and O–H groups in total. The Morgan fingerprint density at radius 2 is 2.18 bits per heavy atom. The van der Waals surface area contributed by atoms with E-state index in [0.29, 0.717) is 11.3 Å². The number of carbonyl (C=O) groups excluding carboxylic acids is 1. The number of carbonyl (C=O) groups is 2. The zero-order chi connectivity index (χ0) is 12.4. The molecule has 0 aliphatic carbocycles. The van der Waals surface area contributed by atoms with Gasteiger partial charge in [0.1, 0.15) is 5.75 Å². The topological polar surface area (TPSA) is 87.7 Å². The van der Waals surface area contributed by atoms with Crippen molar-refractivity contribution in [2.24, 2.45) is 0 Å². The van der Waals surface area contributed by atoms with E-state index in [0.717, 1.165) is 0 Å². The van der Waals surface area contributed by atoms with Crippen LogP contribution in [0.4, 0.5) is 4.79 Å². The van der Waals surface area contributed by atoms with E-state index in [1.165, 1.54) is 7.11 Å². The standard InChI is InChI=1S/C11H12N2O4/c1-17-7-4-2-3-6(5-7)8-9(10(14)15)13-11(16)12-8/h2-5,8-9H,1H3,(H,14,15)(H2,12,13,16). The van der Waals surface area contributed by atoms with E-state index in [4.69, 9.17) is 9.84 Å². The Kier molecular flexibility index (Phi) is 2.86. The van der Waals surface area contributed by atoms with Gasteiger partial charge < -0.3 is 20.5 Å². The molecule has 2 atom stereocenters. The van der Waals surface area contributed by atoms with Crippen LogP contribution in [0.5, 0.6) is 5.75 Å². The maximum Gasteiger partial charge on any atom is 0.328 e. The largest absolute Gasteiger partial charge is 0.497 e. The fraction of sp³-hybridized carbons (Fsp3) is 0.273. The number of urea groups is 1. The first-order valence-corrected chi connectivity index (χ1v) is 5.05. The van der Waals surface area contributed by atoms with Gasteiger partial charge in [-0.15, -0.1) is 0 Å². The van der Waals surface area contributed by atoms with E-state index >= 15 is 0 Å². The monoisotopic (exact) mass is 236 g/mol. The number of hydrogen-bond donors (Lipinski definition) is 3. The number of benzene rings is 1. The van der Waals surface area contributed by atoms with Gasteiger partial charge in [0.25, 0.3) is 0 Å². The summed E-state index contributed by atoms with van der Waals surface area (Å²) in [5, 5.41) is 13.9. The fourth-order valence-electron chi connectivity index (χ4n) is 1.81. The van der Waals surface area contributed by atoms with Crippen LogP contribution in [0.3, 0.4) is 0 Å². The Bertz CT molecular complexity index is 461. The van der Waals surface area contributed by atoms with Crippen LogP contribution in [0.1, 0.15) is 11.6 Å². The Morgan fingerprint density at radius 3 is 2.82 bits per heavy atom. The van der Waals surface area contributed by atoms with Crippen molar-refractivity contribution in [1.29, 1.82) is 0 Å². The number of rotatable bonds is 3. The third-order valence-corrected chi connectivity index (χ3v) is 2.63. The zero-order valence-corrected chi connectivity index (χ0v) is 9.14. The van der Waals surface area contributed by atoms with E-state index in [-0.39, 0.29) is 0 Å². The summed E-state index contributed by atoms with van der Waals surface area (Å²) < 4.78 is 5.06. The molecular formula is C11H12N2O4.